The SMILES string of the molecule is O=C([O-])c1cc(C(=O)[O-])c2ccccc2c1.O=C([O-])c1cc(C(=O)[O-])c2ccccc2c1.[Ti+4]. The number of hydrogen-bond acceptors (Lipinski definition) is 8. The van der Waals surface area contributed by atoms with E-state index in [4.69, 9.17) is 0 Å². The minimum atomic E-state index is -1.41. The second-order valence-electron chi connectivity index (χ2n) is 6.64. The number of rotatable bonds is 4. The van der Waals surface area contributed by atoms with Crippen LogP contribution in [-0.4, -0.2) is 23.9 Å². The van der Waals surface area contributed by atoms with Crippen molar-refractivity contribution < 1.29 is 61.3 Å². The predicted octanol–water partition coefficient (Wildman–Crippen LogP) is -0.869. The van der Waals surface area contributed by atoms with E-state index in [1.165, 1.54) is 12.1 Å². The zero-order valence-corrected chi connectivity index (χ0v) is 18.3. The first-order valence-electron chi connectivity index (χ1n) is 9.10. The predicted molar refractivity (Wildman–Crippen MR) is 105 cm³/mol. The Kier molecular flexibility index (Phi) is 8.07. The molecule has 9 heteroatoms. The smallest absolute Gasteiger partial charge is 0.545 e. The van der Waals surface area contributed by atoms with Crippen LogP contribution in [0.15, 0.2) is 72.8 Å². The molecule has 0 spiro atoms. The molecule has 0 aromatic heterocycles. The van der Waals surface area contributed by atoms with Crippen molar-refractivity contribution in [3.63, 3.8) is 0 Å². The number of carboxylic acid groups (broad SMARTS) is 4. The Balaban J connectivity index is 0.000000227. The number of fused-ring (bicyclic) bond motifs is 2. The maximum atomic E-state index is 10.9. The van der Waals surface area contributed by atoms with E-state index >= 15 is 0 Å². The molecule has 8 nitrogen and oxygen atoms in total. The van der Waals surface area contributed by atoms with Gasteiger partial charge in [0.1, 0.15) is 0 Å². The Morgan fingerprint density at radius 2 is 0.818 bits per heavy atom. The maximum Gasteiger partial charge on any atom is 4.00 e. The Labute approximate surface area is 201 Å². The van der Waals surface area contributed by atoms with Gasteiger partial charge in [-0.25, -0.2) is 0 Å². The van der Waals surface area contributed by atoms with E-state index in [-0.39, 0.29) is 44.0 Å². The van der Waals surface area contributed by atoms with E-state index in [2.05, 4.69) is 0 Å². The molecule has 33 heavy (non-hydrogen) atoms. The molecule has 0 atom stereocenters. The molecule has 0 amide bonds. The van der Waals surface area contributed by atoms with E-state index in [0.717, 1.165) is 12.1 Å². The zero-order valence-electron chi connectivity index (χ0n) is 16.7. The van der Waals surface area contributed by atoms with Crippen LogP contribution < -0.4 is 20.4 Å². The van der Waals surface area contributed by atoms with E-state index in [9.17, 15) is 39.6 Å². The van der Waals surface area contributed by atoms with Crippen LogP contribution in [0, 0.1) is 0 Å². The second-order valence-corrected chi connectivity index (χ2v) is 6.64. The molecule has 0 unspecified atom stereocenters. The van der Waals surface area contributed by atoms with Gasteiger partial charge in [-0.2, -0.15) is 0 Å². The van der Waals surface area contributed by atoms with Gasteiger partial charge in [-0.3, -0.25) is 0 Å². The molecule has 0 saturated heterocycles. The van der Waals surface area contributed by atoms with Crippen LogP contribution in [-0.2, 0) is 21.7 Å². The third-order valence-corrected chi connectivity index (χ3v) is 4.63. The first kappa shape index (κ1) is 25.3. The van der Waals surface area contributed by atoms with E-state index in [0.29, 0.717) is 21.5 Å². The van der Waals surface area contributed by atoms with Gasteiger partial charge in [0.05, 0.1) is 23.9 Å². The van der Waals surface area contributed by atoms with E-state index in [1.54, 1.807) is 48.5 Å². The average Bonchev–Trinajstić information content (AvgIpc) is 2.77. The van der Waals surface area contributed by atoms with Crippen molar-refractivity contribution in [3.8, 4) is 0 Å². The minimum absolute atomic E-state index is 0. The van der Waals surface area contributed by atoms with Gasteiger partial charge in [0.15, 0.2) is 0 Å². The van der Waals surface area contributed by atoms with Crippen LogP contribution >= 0.6 is 0 Å². The van der Waals surface area contributed by atoms with Crippen molar-refractivity contribution in [3.05, 3.63) is 95.1 Å². The molecular weight excluding hydrogens is 464 g/mol. The van der Waals surface area contributed by atoms with Crippen LogP contribution in [0.3, 0.4) is 0 Å². The van der Waals surface area contributed by atoms with Crippen LogP contribution in [0.25, 0.3) is 21.5 Å². The van der Waals surface area contributed by atoms with Crippen LogP contribution in [0.4, 0.5) is 0 Å². The summed E-state index contributed by atoms with van der Waals surface area (Å²) in [5, 5.41) is 45.1. The Hall–Kier alpha value is -4.01. The number of benzene rings is 4. The summed E-state index contributed by atoms with van der Waals surface area (Å²) in [7, 11) is 0. The van der Waals surface area contributed by atoms with Crippen LogP contribution in [0.1, 0.15) is 41.4 Å². The molecule has 4 aromatic rings. The average molecular weight is 476 g/mol. The Morgan fingerprint density at radius 3 is 1.12 bits per heavy atom. The molecule has 0 heterocycles. The fourth-order valence-electron chi connectivity index (χ4n) is 3.19. The summed E-state index contributed by atoms with van der Waals surface area (Å²) in [6.07, 6.45) is 0. The van der Waals surface area contributed by atoms with Crippen LogP contribution in [0.5, 0.6) is 0 Å². The number of carbonyl (C=O) groups excluding carboxylic acids is 4. The largest absolute Gasteiger partial charge is 4.00 e. The van der Waals surface area contributed by atoms with Gasteiger partial charge < -0.3 is 39.6 Å². The van der Waals surface area contributed by atoms with Gasteiger partial charge >= 0.3 is 21.7 Å². The Bertz CT molecular complexity index is 1290. The first-order valence-corrected chi connectivity index (χ1v) is 9.10. The monoisotopic (exact) mass is 476 g/mol. The summed E-state index contributed by atoms with van der Waals surface area (Å²) in [6, 6.07) is 18.0. The summed E-state index contributed by atoms with van der Waals surface area (Å²) in [5.41, 5.74) is -0.620. The maximum absolute atomic E-state index is 10.9. The quantitative estimate of drug-likeness (QED) is 0.344. The molecular formula is C24H12O8Ti. The van der Waals surface area contributed by atoms with Crippen molar-refractivity contribution in [1.29, 1.82) is 0 Å². The summed E-state index contributed by atoms with van der Waals surface area (Å²) in [4.78, 5) is 43.1. The number of hydrogen-bond donors (Lipinski definition) is 0. The topological polar surface area (TPSA) is 161 Å². The minimum Gasteiger partial charge on any atom is -0.545 e. The van der Waals surface area contributed by atoms with Crippen molar-refractivity contribution in [2.45, 2.75) is 0 Å². The zero-order chi connectivity index (χ0) is 23.4. The first-order chi connectivity index (χ1) is 15.2. The van der Waals surface area contributed by atoms with Crippen molar-refractivity contribution in [1.82, 2.24) is 0 Å². The van der Waals surface area contributed by atoms with Gasteiger partial charge in [-0.05, 0) is 56.9 Å². The molecule has 160 valence electrons. The van der Waals surface area contributed by atoms with Crippen molar-refractivity contribution >= 4 is 45.4 Å². The van der Waals surface area contributed by atoms with E-state index in [1.807, 2.05) is 0 Å². The molecule has 0 bridgehead atoms. The molecule has 0 N–H and O–H groups in total. The molecule has 4 aromatic carbocycles. The Morgan fingerprint density at radius 1 is 0.485 bits per heavy atom. The third kappa shape index (κ3) is 5.62. The van der Waals surface area contributed by atoms with Crippen molar-refractivity contribution in [2.75, 3.05) is 0 Å². The van der Waals surface area contributed by atoms with Gasteiger partial charge in [0.25, 0.3) is 0 Å². The van der Waals surface area contributed by atoms with Crippen LogP contribution in [0.2, 0.25) is 0 Å². The van der Waals surface area contributed by atoms with Gasteiger partial charge in [0.2, 0.25) is 0 Å². The van der Waals surface area contributed by atoms with E-state index < -0.39 is 23.9 Å². The second kappa shape index (κ2) is 10.5. The summed E-state index contributed by atoms with van der Waals surface area (Å²) in [6.45, 7) is 0. The molecule has 0 aliphatic heterocycles. The normalized spacial score (nSPS) is 9.94. The standard InChI is InChI=1S/2C12H8O4.Ti/c2*13-11(14)8-5-7-3-1-2-4-9(7)10(6-8)12(15)16;/h2*1-6H,(H,13,14)(H,15,16);/q;;+4/p-4. The summed E-state index contributed by atoms with van der Waals surface area (Å²) < 4.78 is 0. The number of aromatic carboxylic acids is 4. The number of carboxylic acids is 4. The third-order valence-electron chi connectivity index (χ3n) is 4.63. The van der Waals surface area contributed by atoms with Gasteiger partial charge in [-0.15, -0.1) is 0 Å². The van der Waals surface area contributed by atoms with Crippen molar-refractivity contribution in [2.24, 2.45) is 0 Å². The summed E-state index contributed by atoms with van der Waals surface area (Å²) in [5.74, 6) is -5.62. The van der Waals surface area contributed by atoms with Gasteiger partial charge in [0, 0.05) is 11.1 Å². The molecule has 0 saturated carbocycles. The molecule has 0 fully saturated rings. The molecule has 4 rings (SSSR count). The summed E-state index contributed by atoms with van der Waals surface area (Å²) >= 11 is 0. The van der Waals surface area contributed by atoms with Gasteiger partial charge in [-0.1, -0.05) is 48.5 Å². The molecule has 0 aliphatic rings. The fourth-order valence-corrected chi connectivity index (χ4v) is 3.19. The number of carbonyl (C=O) groups is 4. The molecule has 0 radical (unpaired) electrons. The molecule has 0 aliphatic carbocycles. The fraction of sp³-hybridized carbons (Fsp3) is 0.